The second kappa shape index (κ2) is 7.33. The van der Waals surface area contributed by atoms with Crippen LogP contribution < -0.4 is 0 Å². The van der Waals surface area contributed by atoms with Gasteiger partial charge in [0.15, 0.2) is 3.95 Å². The molecule has 25 heavy (non-hydrogen) atoms. The Labute approximate surface area is 154 Å². The van der Waals surface area contributed by atoms with Crippen LogP contribution in [-0.2, 0) is 17.8 Å². The molecule has 0 spiro atoms. The van der Waals surface area contributed by atoms with Gasteiger partial charge < -0.3 is 10.2 Å². The van der Waals surface area contributed by atoms with E-state index in [9.17, 15) is 9.90 Å². The number of carbonyl (C=O) groups is 1. The molecule has 2 N–H and O–H groups in total. The van der Waals surface area contributed by atoms with Gasteiger partial charge in [-0.3, -0.25) is 14.4 Å². The van der Waals surface area contributed by atoms with Crippen molar-refractivity contribution in [3.63, 3.8) is 0 Å². The van der Waals surface area contributed by atoms with Crippen molar-refractivity contribution < 1.29 is 15.0 Å². The predicted molar refractivity (Wildman–Crippen MR) is 104 cm³/mol. The molecule has 1 aromatic carbocycles. The smallest absolute Gasteiger partial charge is 0.303 e. The van der Waals surface area contributed by atoms with Crippen molar-refractivity contribution in [1.82, 2.24) is 4.57 Å². The number of carboxylic acids is 1. The molecule has 3 rings (SSSR count). The van der Waals surface area contributed by atoms with Crippen molar-refractivity contribution in [2.24, 2.45) is 4.99 Å². The van der Waals surface area contributed by atoms with E-state index >= 15 is 0 Å². The van der Waals surface area contributed by atoms with Gasteiger partial charge in [-0.25, -0.2) is 0 Å². The molecule has 1 aliphatic heterocycles. The number of benzene rings is 1. The average Bonchev–Trinajstić information content (AvgIpc) is 3.11. The number of aromatic hydroxyl groups is 1. The van der Waals surface area contributed by atoms with Crippen LogP contribution in [0.2, 0.25) is 0 Å². The Morgan fingerprint density at radius 2 is 2.24 bits per heavy atom. The third kappa shape index (κ3) is 3.57. The highest BCUT2D eigenvalue weighted by molar-refractivity contribution is 7.73. The van der Waals surface area contributed by atoms with Gasteiger partial charge in [0, 0.05) is 30.3 Å². The summed E-state index contributed by atoms with van der Waals surface area (Å²) in [6.45, 7) is 2.49. The van der Waals surface area contributed by atoms with Crippen molar-refractivity contribution in [3.05, 3.63) is 38.2 Å². The van der Waals surface area contributed by atoms with Gasteiger partial charge in [0.2, 0.25) is 5.88 Å². The summed E-state index contributed by atoms with van der Waals surface area (Å²) in [7, 11) is 0. The van der Waals surface area contributed by atoms with E-state index in [0.717, 1.165) is 23.2 Å². The Hall–Kier alpha value is -2.25. The third-order valence-corrected chi connectivity index (χ3v) is 5.48. The number of rotatable bonds is 6. The fraction of sp³-hybridized carbons (Fsp3) is 0.278. The average molecular weight is 374 g/mol. The van der Waals surface area contributed by atoms with Gasteiger partial charge >= 0.3 is 5.97 Å². The molecule has 0 amide bonds. The number of aliphatic imine (C=N–C) groups is 1. The molecule has 0 fully saturated rings. The predicted octanol–water partition coefficient (Wildman–Crippen LogP) is 4.67. The molecule has 2 heterocycles. The van der Waals surface area contributed by atoms with Gasteiger partial charge in [-0.15, -0.1) is 11.3 Å². The molecule has 130 valence electrons. The monoisotopic (exact) mass is 374 g/mol. The first-order valence-electron chi connectivity index (χ1n) is 8.03. The Balaban J connectivity index is 1.91. The summed E-state index contributed by atoms with van der Waals surface area (Å²) >= 11 is 6.62. The maximum absolute atomic E-state index is 10.6. The quantitative estimate of drug-likeness (QED) is 0.721. The summed E-state index contributed by atoms with van der Waals surface area (Å²) in [5.74, 6) is -0.768. The van der Waals surface area contributed by atoms with Crippen molar-refractivity contribution in [1.29, 1.82) is 0 Å². The van der Waals surface area contributed by atoms with E-state index in [1.54, 1.807) is 10.8 Å². The van der Waals surface area contributed by atoms with Crippen LogP contribution in [0.1, 0.15) is 35.8 Å². The lowest BCUT2D eigenvalue weighted by molar-refractivity contribution is -0.137. The highest BCUT2D eigenvalue weighted by Crippen LogP contribution is 2.38. The minimum atomic E-state index is -0.853. The number of nitrogens with zero attached hydrogens (tertiary/aromatic N) is 2. The van der Waals surface area contributed by atoms with Gasteiger partial charge in [-0.2, -0.15) is 0 Å². The van der Waals surface area contributed by atoms with Crippen LogP contribution in [-0.4, -0.2) is 27.0 Å². The minimum Gasteiger partial charge on any atom is -0.493 e. The number of allylic oxidation sites excluding steroid dienone is 1. The van der Waals surface area contributed by atoms with E-state index in [0.29, 0.717) is 21.8 Å². The van der Waals surface area contributed by atoms with Crippen molar-refractivity contribution >= 4 is 53.1 Å². The van der Waals surface area contributed by atoms with Crippen LogP contribution in [0.3, 0.4) is 0 Å². The molecule has 1 aliphatic rings. The fourth-order valence-electron chi connectivity index (χ4n) is 2.82. The van der Waals surface area contributed by atoms with Crippen molar-refractivity contribution in [2.75, 3.05) is 0 Å². The lowest BCUT2D eigenvalue weighted by Gasteiger charge is -2.05. The molecule has 5 nitrogen and oxygen atoms in total. The lowest BCUT2D eigenvalue weighted by Crippen LogP contribution is -2.01. The number of fused-ring (bicyclic) bond motifs is 1. The molecular weight excluding hydrogens is 356 g/mol. The lowest BCUT2D eigenvalue weighted by atomic mass is 10.0. The molecule has 0 bridgehead atoms. The molecule has 0 unspecified atom stereocenters. The largest absolute Gasteiger partial charge is 0.493 e. The summed E-state index contributed by atoms with van der Waals surface area (Å²) in [5.41, 5.74) is 4.17. The van der Waals surface area contributed by atoms with E-state index in [-0.39, 0.29) is 12.3 Å². The van der Waals surface area contributed by atoms with Crippen LogP contribution in [0, 0.1) is 3.95 Å². The SMILES string of the molecule is CCc1cccc2c1N=C/C2=C\c1sc(=S)n(CCCC(=O)O)c1O. The number of aromatic nitrogens is 1. The van der Waals surface area contributed by atoms with Crippen LogP contribution in [0.15, 0.2) is 23.2 Å². The number of aryl methyl sites for hydroxylation is 1. The summed E-state index contributed by atoms with van der Waals surface area (Å²) in [6.07, 6.45) is 5.08. The Kier molecular flexibility index (Phi) is 5.15. The number of para-hydroxylation sites is 1. The van der Waals surface area contributed by atoms with Gasteiger partial charge in [-0.05, 0) is 36.7 Å². The summed E-state index contributed by atoms with van der Waals surface area (Å²) in [5, 5.41) is 19.2. The van der Waals surface area contributed by atoms with Crippen LogP contribution >= 0.6 is 23.6 Å². The number of hydrogen-bond acceptors (Lipinski definition) is 5. The zero-order valence-corrected chi connectivity index (χ0v) is 15.4. The molecule has 0 saturated carbocycles. The summed E-state index contributed by atoms with van der Waals surface area (Å²) in [4.78, 5) is 15.8. The second-order valence-corrected chi connectivity index (χ2v) is 7.41. The molecule has 7 heteroatoms. The molecule has 0 atom stereocenters. The second-order valence-electron chi connectivity index (χ2n) is 5.73. The van der Waals surface area contributed by atoms with Crippen molar-refractivity contribution in [2.45, 2.75) is 32.7 Å². The summed E-state index contributed by atoms with van der Waals surface area (Å²) < 4.78 is 2.12. The van der Waals surface area contributed by atoms with Crippen molar-refractivity contribution in [3.8, 4) is 5.88 Å². The minimum absolute atomic E-state index is 0.0489. The van der Waals surface area contributed by atoms with Crippen LogP contribution in [0.4, 0.5) is 5.69 Å². The van der Waals surface area contributed by atoms with Crippen LogP contribution in [0.25, 0.3) is 11.6 Å². The highest BCUT2D eigenvalue weighted by Gasteiger charge is 2.17. The zero-order chi connectivity index (χ0) is 18.0. The van der Waals surface area contributed by atoms with E-state index < -0.39 is 5.97 Å². The molecule has 1 aromatic heterocycles. The number of thiazole rings is 1. The maximum Gasteiger partial charge on any atom is 0.303 e. The topological polar surface area (TPSA) is 74.8 Å². The Morgan fingerprint density at radius 3 is 2.96 bits per heavy atom. The summed E-state index contributed by atoms with van der Waals surface area (Å²) in [6, 6.07) is 6.10. The van der Waals surface area contributed by atoms with E-state index in [1.165, 1.54) is 16.9 Å². The van der Waals surface area contributed by atoms with E-state index in [2.05, 4.69) is 18.0 Å². The molecule has 0 aliphatic carbocycles. The number of hydrogen-bond donors (Lipinski definition) is 2. The zero-order valence-electron chi connectivity index (χ0n) is 13.7. The first-order valence-corrected chi connectivity index (χ1v) is 9.26. The van der Waals surface area contributed by atoms with Gasteiger partial charge in [-0.1, -0.05) is 25.1 Å². The highest BCUT2D eigenvalue weighted by atomic mass is 32.1. The molecular formula is C18H18N2O3S2. The fourth-order valence-corrected chi connectivity index (χ4v) is 4.13. The number of carboxylic acid groups (broad SMARTS) is 1. The third-order valence-electron chi connectivity index (χ3n) is 4.10. The van der Waals surface area contributed by atoms with Crippen LogP contribution in [0.5, 0.6) is 5.88 Å². The van der Waals surface area contributed by atoms with Gasteiger partial charge in [0.25, 0.3) is 0 Å². The molecule has 0 radical (unpaired) electrons. The van der Waals surface area contributed by atoms with Gasteiger partial charge in [0.1, 0.15) is 0 Å². The van der Waals surface area contributed by atoms with E-state index in [1.807, 2.05) is 18.2 Å². The Bertz CT molecular complexity index is 938. The normalized spacial score (nSPS) is 14.2. The van der Waals surface area contributed by atoms with E-state index in [4.69, 9.17) is 17.3 Å². The standard InChI is InChI=1S/C18H18N2O3S2/c1-2-11-5-3-6-13-12(10-19-16(11)13)9-14-17(23)20(18(24)25-14)8-4-7-15(21)22/h3,5-6,9-10,23H,2,4,7-8H2,1H3,(H,21,22)/b12-9+. The first-order chi connectivity index (χ1) is 12.0. The molecule has 2 aromatic rings. The maximum atomic E-state index is 10.6. The number of aliphatic carboxylic acids is 1. The van der Waals surface area contributed by atoms with Gasteiger partial charge in [0.05, 0.1) is 10.6 Å². The Morgan fingerprint density at radius 1 is 1.44 bits per heavy atom. The first kappa shape index (κ1) is 17.6. The molecule has 0 saturated heterocycles.